The van der Waals surface area contributed by atoms with Crippen molar-refractivity contribution in [2.75, 3.05) is 0 Å². The van der Waals surface area contributed by atoms with E-state index in [1.807, 2.05) is 26.0 Å². The summed E-state index contributed by atoms with van der Waals surface area (Å²) < 4.78 is 1.04. The predicted octanol–water partition coefficient (Wildman–Crippen LogP) is 2.53. The maximum atomic E-state index is 12.7. The average Bonchev–Trinajstić information content (AvgIpc) is 3.13. The molecule has 2 fully saturated rings. The second kappa shape index (κ2) is 4.84. The molecular formula is C14H17BrN2O2S. The van der Waals surface area contributed by atoms with Crippen molar-refractivity contribution in [3.63, 3.8) is 0 Å². The van der Waals surface area contributed by atoms with Crippen LogP contribution in [0.2, 0.25) is 0 Å². The first-order valence-corrected chi connectivity index (χ1v) is 8.37. The second-order valence-corrected chi connectivity index (χ2v) is 8.53. The van der Waals surface area contributed by atoms with E-state index in [-0.39, 0.29) is 17.9 Å². The molecule has 1 saturated carbocycles. The summed E-state index contributed by atoms with van der Waals surface area (Å²) in [6.07, 6.45) is 2.07. The van der Waals surface area contributed by atoms with Crippen molar-refractivity contribution in [1.82, 2.24) is 10.2 Å². The number of nitrogens with zero attached hydrogens (tertiary/aromatic N) is 1. The van der Waals surface area contributed by atoms with Gasteiger partial charge in [-0.2, -0.15) is 0 Å². The lowest BCUT2D eigenvalue weighted by Gasteiger charge is -2.44. The molecular weight excluding hydrogens is 340 g/mol. The maximum absolute atomic E-state index is 12.7. The Kier molecular flexibility index (Phi) is 3.41. The summed E-state index contributed by atoms with van der Waals surface area (Å²) in [7, 11) is 0. The fraction of sp³-hybridized carbons (Fsp3) is 0.571. The summed E-state index contributed by atoms with van der Waals surface area (Å²) >= 11 is 5.04. The quantitative estimate of drug-likeness (QED) is 0.904. The molecule has 1 aliphatic carbocycles. The van der Waals surface area contributed by atoms with Gasteiger partial charge in [0.1, 0.15) is 11.6 Å². The summed E-state index contributed by atoms with van der Waals surface area (Å²) in [5, 5.41) is 2.90. The first-order valence-electron chi connectivity index (χ1n) is 6.76. The van der Waals surface area contributed by atoms with Gasteiger partial charge < -0.3 is 10.2 Å². The molecule has 2 heterocycles. The highest BCUT2D eigenvalue weighted by molar-refractivity contribution is 9.11. The molecule has 1 aromatic rings. The number of carbonyl (C=O) groups excluding carboxylic acids is 2. The van der Waals surface area contributed by atoms with Gasteiger partial charge in [-0.1, -0.05) is 0 Å². The van der Waals surface area contributed by atoms with Gasteiger partial charge in [-0.05, 0) is 60.7 Å². The van der Waals surface area contributed by atoms with Gasteiger partial charge in [0.25, 0.3) is 0 Å². The number of piperazine rings is 1. The van der Waals surface area contributed by atoms with Crippen LogP contribution in [0.1, 0.15) is 31.6 Å². The third-order valence-electron chi connectivity index (χ3n) is 4.09. The minimum Gasteiger partial charge on any atom is -0.342 e. The Morgan fingerprint density at radius 3 is 2.65 bits per heavy atom. The number of hydrogen-bond acceptors (Lipinski definition) is 3. The second-order valence-electron chi connectivity index (χ2n) is 5.98. The number of amides is 2. The average molecular weight is 357 g/mol. The van der Waals surface area contributed by atoms with E-state index in [4.69, 9.17) is 0 Å². The molecule has 20 heavy (non-hydrogen) atoms. The Labute approximate surface area is 130 Å². The number of rotatable bonds is 3. The molecule has 108 valence electrons. The highest BCUT2D eigenvalue weighted by Gasteiger charge is 2.50. The van der Waals surface area contributed by atoms with Gasteiger partial charge in [0.05, 0.1) is 10.3 Å². The summed E-state index contributed by atoms with van der Waals surface area (Å²) in [6.45, 7) is 4.12. The molecule has 0 spiro atoms. The largest absolute Gasteiger partial charge is 0.342 e. The zero-order chi connectivity index (χ0) is 14.5. The molecule has 6 heteroatoms. The van der Waals surface area contributed by atoms with Gasteiger partial charge >= 0.3 is 0 Å². The van der Waals surface area contributed by atoms with Gasteiger partial charge in [-0.3, -0.25) is 9.59 Å². The van der Waals surface area contributed by atoms with Crippen molar-refractivity contribution >= 4 is 39.1 Å². The lowest BCUT2D eigenvalue weighted by molar-refractivity contribution is -0.156. The summed E-state index contributed by atoms with van der Waals surface area (Å²) in [6, 6.07) is 3.65. The number of nitrogens with one attached hydrogen (secondary N) is 1. The summed E-state index contributed by atoms with van der Waals surface area (Å²) in [5.74, 6) is 0.339. The van der Waals surface area contributed by atoms with E-state index in [0.29, 0.717) is 12.5 Å². The lowest BCUT2D eigenvalue weighted by atomic mass is 9.94. The smallest absolute Gasteiger partial charge is 0.246 e. The molecule has 1 aromatic heterocycles. The van der Waals surface area contributed by atoms with Gasteiger partial charge in [0.2, 0.25) is 11.8 Å². The van der Waals surface area contributed by atoms with Gasteiger partial charge in [-0.15, -0.1) is 11.3 Å². The molecule has 0 bridgehead atoms. The molecule has 2 amide bonds. The Bertz CT molecular complexity index is 565. The minimum absolute atomic E-state index is 0.0513. The molecule has 1 aliphatic heterocycles. The highest BCUT2D eigenvalue weighted by Crippen LogP contribution is 2.37. The first kappa shape index (κ1) is 14.1. The fourth-order valence-corrected chi connectivity index (χ4v) is 4.03. The number of halogens is 1. The van der Waals surface area contributed by atoms with Crippen LogP contribution in [0.15, 0.2) is 15.9 Å². The summed E-state index contributed by atoms with van der Waals surface area (Å²) in [4.78, 5) is 27.8. The lowest BCUT2D eigenvalue weighted by Crippen LogP contribution is -2.68. The van der Waals surface area contributed by atoms with Gasteiger partial charge in [0.15, 0.2) is 0 Å². The van der Waals surface area contributed by atoms with Gasteiger partial charge in [-0.25, -0.2) is 0 Å². The van der Waals surface area contributed by atoms with E-state index in [0.717, 1.165) is 21.5 Å². The van der Waals surface area contributed by atoms with Crippen LogP contribution in [0.5, 0.6) is 0 Å². The topological polar surface area (TPSA) is 49.4 Å². The molecule has 0 radical (unpaired) electrons. The standard InChI is InChI=1S/C14H17BrN2O2S/c1-14(2)13(19)16-11(8-3-4-8)12(18)17(14)7-9-5-6-10(15)20-9/h5-6,8,11H,3-4,7H2,1-2H3,(H,16,19). The van der Waals surface area contributed by atoms with E-state index in [9.17, 15) is 9.59 Å². The van der Waals surface area contributed by atoms with Crippen LogP contribution in [0.3, 0.4) is 0 Å². The van der Waals surface area contributed by atoms with Crippen LogP contribution in [-0.4, -0.2) is 28.3 Å². The molecule has 3 rings (SSSR count). The van der Waals surface area contributed by atoms with Crippen LogP contribution < -0.4 is 5.32 Å². The molecule has 2 aliphatic rings. The van der Waals surface area contributed by atoms with E-state index in [2.05, 4.69) is 21.2 Å². The SMILES string of the molecule is CC1(C)C(=O)NC(C2CC2)C(=O)N1Cc1ccc(Br)s1. The zero-order valence-electron chi connectivity index (χ0n) is 11.5. The monoisotopic (exact) mass is 356 g/mol. The van der Waals surface area contributed by atoms with Crippen molar-refractivity contribution < 1.29 is 9.59 Å². The highest BCUT2D eigenvalue weighted by atomic mass is 79.9. The number of thiophene rings is 1. The van der Waals surface area contributed by atoms with E-state index in [1.54, 1.807) is 16.2 Å². The number of hydrogen-bond donors (Lipinski definition) is 1. The Morgan fingerprint density at radius 2 is 2.10 bits per heavy atom. The molecule has 1 N–H and O–H groups in total. The third kappa shape index (κ3) is 2.39. The third-order valence-corrected chi connectivity index (χ3v) is 5.69. The predicted molar refractivity (Wildman–Crippen MR) is 81.3 cm³/mol. The molecule has 1 unspecified atom stereocenters. The Balaban J connectivity index is 1.87. The Morgan fingerprint density at radius 1 is 1.40 bits per heavy atom. The fourth-order valence-electron chi connectivity index (χ4n) is 2.56. The van der Waals surface area contributed by atoms with Crippen LogP contribution in [0.25, 0.3) is 0 Å². The summed E-state index contributed by atoms with van der Waals surface area (Å²) in [5.41, 5.74) is -0.793. The van der Waals surface area contributed by atoms with E-state index >= 15 is 0 Å². The van der Waals surface area contributed by atoms with Crippen molar-refractivity contribution in [3.05, 3.63) is 20.8 Å². The normalized spacial score (nSPS) is 25.8. The van der Waals surface area contributed by atoms with Crippen molar-refractivity contribution in [3.8, 4) is 0 Å². The molecule has 4 nitrogen and oxygen atoms in total. The van der Waals surface area contributed by atoms with Crippen molar-refractivity contribution in [1.29, 1.82) is 0 Å². The molecule has 0 aromatic carbocycles. The molecule has 1 atom stereocenters. The van der Waals surface area contributed by atoms with Crippen LogP contribution >= 0.6 is 27.3 Å². The van der Waals surface area contributed by atoms with Crippen LogP contribution in [0, 0.1) is 5.92 Å². The molecule has 1 saturated heterocycles. The Hall–Kier alpha value is -0.880. The van der Waals surface area contributed by atoms with Gasteiger partial charge in [0, 0.05) is 4.88 Å². The minimum atomic E-state index is -0.793. The van der Waals surface area contributed by atoms with Crippen LogP contribution in [-0.2, 0) is 16.1 Å². The van der Waals surface area contributed by atoms with E-state index < -0.39 is 5.54 Å². The first-order chi connectivity index (χ1) is 9.39. The zero-order valence-corrected chi connectivity index (χ0v) is 13.9. The van der Waals surface area contributed by atoms with Crippen LogP contribution in [0.4, 0.5) is 0 Å². The maximum Gasteiger partial charge on any atom is 0.246 e. The van der Waals surface area contributed by atoms with E-state index in [1.165, 1.54) is 0 Å². The van der Waals surface area contributed by atoms with Crippen molar-refractivity contribution in [2.45, 2.75) is 44.8 Å². The number of carbonyl (C=O) groups is 2. The van der Waals surface area contributed by atoms with Crippen molar-refractivity contribution in [2.24, 2.45) is 5.92 Å².